The Labute approximate surface area is 251 Å². The molecule has 0 spiro atoms. The Morgan fingerprint density at radius 3 is 1.70 bits per heavy atom. The molecule has 3 aromatic carbocycles. The second-order valence-electron chi connectivity index (χ2n) is 10.7. The van der Waals surface area contributed by atoms with E-state index in [1.165, 1.54) is 12.1 Å². The number of aliphatic carboxylic acids is 1. The van der Waals surface area contributed by atoms with Crippen molar-refractivity contribution in [3.8, 4) is 5.75 Å². The first-order valence-electron chi connectivity index (χ1n) is 14.3. The lowest BCUT2D eigenvalue weighted by molar-refractivity contribution is -0.142. The van der Waals surface area contributed by atoms with Gasteiger partial charge in [-0.2, -0.15) is 0 Å². The topological polar surface area (TPSA) is 171 Å². The molecule has 43 heavy (non-hydrogen) atoms. The van der Waals surface area contributed by atoms with Gasteiger partial charge in [-0.15, -0.1) is 0 Å². The van der Waals surface area contributed by atoms with Gasteiger partial charge in [0.1, 0.15) is 23.9 Å². The fourth-order valence-corrected chi connectivity index (χ4v) is 4.58. The molecule has 0 aliphatic rings. The summed E-state index contributed by atoms with van der Waals surface area (Å²) in [6.45, 7) is 3.69. The Hall–Kier alpha value is -4.70. The fraction of sp³-hybridized carbons (Fsp3) is 0.333. The number of phenols is 1. The van der Waals surface area contributed by atoms with E-state index in [1.807, 2.05) is 50.2 Å². The van der Waals surface area contributed by atoms with Crippen LogP contribution in [0.3, 0.4) is 0 Å². The summed E-state index contributed by atoms with van der Waals surface area (Å²) in [6.07, 6.45) is 0.904. The van der Waals surface area contributed by atoms with Crippen LogP contribution in [0.1, 0.15) is 37.0 Å². The van der Waals surface area contributed by atoms with E-state index >= 15 is 0 Å². The van der Waals surface area contributed by atoms with Gasteiger partial charge in [-0.05, 0) is 41.2 Å². The molecule has 3 amide bonds. The van der Waals surface area contributed by atoms with Gasteiger partial charge in [0.15, 0.2) is 0 Å². The third kappa shape index (κ3) is 10.3. The van der Waals surface area contributed by atoms with Crippen LogP contribution < -0.4 is 21.7 Å². The van der Waals surface area contributed by atoms with Gasteiger partial charge in [0.05, 0.1) is 6.04 Å². The largest absolute Gasteiger partial charge is 0.508 e. The Bertz CT molecular complexity index is 1350. The number of amides is 3. The molecule has 5 unspecified atom stereocenters. The van der Waals surface area contributed by atoms with Crippen LogP contribution in [0.4, 0.5) is 0 Å². The Balaban J connectivity index is 1.79. The van der Waals surface area contributed by atoms with Gasteiger partial charge < -0.3 is 31.9 Å². The number of hydrogen-bond acceptors (Lipinski definition) is 6. The lowest BCUT2D eigenvalue weighted by atomic mass is 9.96. The quantitative estimate of drug-likeness (QED) is 0.158. The van der Waals surface area contributed by atoms with E-state index in [9.17, 15) is 29.4 Å². The molecule has 10 heteroatoms. The predicted molar refractivity (Wildman–Crippen MR) is 163 cm³/mol. The molecule has 0 bridgehead atoms. The van der Waals surface area contributed by atoms with Crippen molar-refractivity contribution in [1.29, 1.82) is 0 Å². The zero-order chi connectivity index (χ0) is 31.4. The van der Waals surface area contributed by atoms with Crippen molar-refractivity contribution in [2.24, 2.45) is 11.7 Å². The Kier molecular flexibility index (Phi) is 12.3. The number of hydrogen-bond donors (Lipinski definition) is 6. The smallest absolute Gasteiger partial charge is 0.326 e. The molecule has 3 rings (SSSR count). The molecule has 0 saturated heterocycles. The fourth-order valence-electron chi connectivity index (χ4n) is 4.58. The molecule has 7 N–H and O–H groups in total. The minimum Gasteiger partial charge on any atom is -0.508 e. The molecule has 0 fully saturated rings. The van der Waals surface area contributed by atoms with Crippen molar-refractivity contribution in [2.75, 3.05) is 0 Å². The number of nitrogens with two attached hydrogens (primary N) is 1. The summed E-state index contributed by atoms with van der Waals surface area (Å²) in [5, 5.41) is 27.6. The normalized spacial score (nSPS) is 14.4. The highest BCUT2D eigenvalue weighted by Gasteiger charge is 2.32. The zero-order valence-electron chi connectivity index (χ0n) is 24.4. The van der Waals surface area contributed by atoms with Crippen LogP contribution in [0.15, 0.2) is 84.9 Å². The Morgan fingerprint density at radius 1 is 0.674 bits per heavy atom. The molecule has 0 saturated carbocycles. The maximum Gasteiger partial charge on any atom is 0.326 e. The summed E-state index contributed by atoms with van der Waals surface area (Å²) in [4.78, 5) is 52.2. The van der Waals surface area contributed by atoms with Gasteiger partial charge in [0.2, 0.25) is 17.7 Å². The number of rotatable bonds is 15. The average molecular weight is 589 g/mol. The van der Waals surface area contributed by atoms with Crippen LogP contribution in [0.2, 0.25) is 0 Å². The molecular weight excluding hydrogens is 548 g/mol. The van der Waals surface area contributed by atoms with Crippen LogP contribution in [0.5, 0.6) is 5.75 Å². The van der Waals surface area contributed by atoms with Gasteiger partial charge in [-0.1, -0.05) is 93.1 Å². The van der Waals surface area contributed by atoms with Gasteiger partial charge in [-0.3, -0.25) is 14.4 Å². The van der Waals surface area contributed by atoms with E-state index in [0.717, 1.165) is 11.1 Å². The number of carbonyl (C=O) groups excluding carboxylic acids is 3. The van der Waals surface area contributed by atoms with E-state index in [1.54, 1.807) is 36.4 Å². The first-order valence-corrected chi connectivity index (χ1v) is 14.3. The molecule has 228 valence electrons. The minimum atomic E-state index is -1.24. The van der Waals surface area contributed by atoms with Crippen LogP contribution in [-0.2, 0) is 38.4 Å². The average Bonchev–Trinajstić information content (AvgIpc) is 3.00. The second-order valence-corrected chi connectivity index (χ2v) is 10.7. The van der Waals surface area contributed by atoms with E-state index in [-0.39, 0.29) is 30.9 Å². The third-order valence-corrected chi connectivity index (χ3v) is 7.33. The van der Waals surface area contributed by atoms with Crippen LogP contribution in [0, 0.1) is 5.92 Å². The third-order valence-electron chi connectivity index (χ3n) is 7.33. The van der Waals surface area contributed by atoms with Crippen molar-refractivity contribution in [3.05, 3.63) is 102 Å². The van der Waals surface area contributed by atoms with Gasteiger partial charge in [0, 0.05) is 12.8 Å². The van der Waals surface area contributed by atoms with E-state index in [0.29, 0.717) is 12.0 Å². The molecular formula is C33H40N4O6. The summed E-state index contributed by atoms with van der Waals surface area (Å²) in [7, 11) is 0. The Morgan fingerprint density at radius 2 is 1.16 bits per heavy atom. The number of carboxylic acid groups (broad SMARTS) is 1. The van der Waals surface area contributed by atoms with Crippen molar-refractivity contribution in [1.82, 2.24) is 16.0 Å². The maximum absolute atomic E-state index is 13.6. The van der Waals surface area contributed by atoms with E-state index in [4.69, 9.17) is 5.73 Å². The highest BCUT2D eigenvalue weighted by atomic mass is 16.4. The first kappa shape index (κ1) is 32.8. The number of aromatic hydroxyl groups is 1. The second kappa shape index (κ2) is 16.1. The number of carbonyl (C=O) groups is 4. The van der Waals surface area contributed by atoms with E-state index < -0.39 is 47.9 Å². The van der Waals surface area contributed by atoms with Gasteiger partial charge >= 0.3 is 5.97 Å². The molecule has 0 radical (unpaired) electrons. The summed E-state index contributed by atoms with van der Waals surface area (Å²) in [6, 6.07) is 20.0. The SMILES string of the molecule is CCC(C)C(NC(=O)C(N)Cc1ccccc1)C(=O)NC(Cc1ccc(O)cc1)C(=O)NC(Cc1ccccc1)C(=O)O. The highest BCUT2D eigenvalue weighted by Crippen LogP contribution is 2.14. The number of phenolic OH excluding ortho intramolecular Hbond substituents is 1. The molecule has 10 nitrogen and oxygen atoms in total. The minimum absolute atomic E-state index is 0.0181. The zero-order valence-corrected chi connectivity index (χ0v) is 24.4. The number of carboxylic acids is 1. The number of nitrogens with one attached hydrogen (secondary N) is 3. The van der Waals surface area contributed by atoms with Crippen molar-refractivity contribution in [3.63, 3.8) is 0 Å². The number of benzene rings is 3. The highest BCUT2D eigenvalue weighted by molar-refractivity contribution is 5.94. The van der Waals surface area contributed by atoms with Crippen LogP contribution >= 0.6 is 0 Å². The standard InChI is InChI=1S/C33H40N4O6/c1-3-21(2)29(37-30(39)26(34)18-22-10-6-4-7-11-22)32(41)35-27(19-24-14-16-25(38)17-15-24)31(40)36-28(33(42)43)20-23-12-8-5-9-13-23/h4-17,21,26-29,38H,3,18-20,34H2,1-2H3,(H,35,41)(H,36,40)(H,37,39)(H,42,43). The molecule has 3 aromatic rings. The van der Waals surface area contributed by atoms with Crippen molar-refractivity contribution < 1.29 is 29.4 Å². The first-order chi connectivity index (χ1) is 20.6. The molecule has 0 heterocycles. The molecule has 0 aliphatic carbocycles. The summed E-state index contributed by atoms with van der Waals surface area (Å²) in [5.74, 6) is -3.27. The monoisotopic (exact) mass is 588 g/mol. The molecule has 0 aromatic heterocycles. The van der Waals surface area contributed by atoms with Crippen molar-refractivity contribution in [2.45, 2.75) is 63.7 Å². The summed E-state index contributed by atoms with van der Waals surface area (Å²) < 4.78 is 0. The van der Waals surface area contributed by atoms with Gasteiger partial charge in [-0.25, -0.2) is 4.79 Å². The lowest BCUT2D eigenvalue weighted by Crippen LogP contribution is -2.59. The molecule has 5 atom stereocenters. The lowest BCUT2D eigenvalue weighted by Gasteiger charge is -2.28. The van der Waals surface area contributed by atoms with Gasteiger partial charge in [0.25, 0.3) is 0 Å². The van der Waals surface area contributed by atoms with Crippen molar-refractivity contribution >= 4 is 23.7 Å². The van der Waals surface area contributed by atoms with Crippen LogP contribution in [0.25, 0.3) is 0 Å². The van der Waals surface area contributed by atoms with Crippen LogP contribution in [-0.4, -0.2) is 58.1 Å². The summed E-state index contributed by atoms with van der Waals surface area (Å²) in [5.41, 5.74) is 8.39. The summed E-state index contributed by atoms with van der Waals surface area (Å²) >= 11 is 0. The maximum atomic E-state index is 13.6. The molecule has 0 aliphatic heterocycles. The van der Waals surface area contributed by atoms with E-state index in [2.05, 4.69) is 16.0 Å². The predicted octanol–water partition coefficient (Wildman–Crippen LogP) is 2.33.